The first-order valence-electron chi connectivity index (χ1n) is 10.9. The van der Waals surface area contributed by atoms with Gasteiger partial charge in [0.05, 0.1) is 21.2 Å². The maximum Gasteiger partial charge on any atom is 0.336 e. The Hall–Kier alpha value is -2.23. The lowest BCUT2D eigenvalue weighted by Gasteiger charge is -2.34. The number of carbonyl (C=O) groups is 1. The van der Waals surface area contributed by atoms with Crippen LogP contribution >= 0.6 is 11.8 Å². The number of hydrogen-bond acceptors (Lipinski definition) is 7. The number of carboxylic acid groups (broad SMARTS) is 1. The monoisotopic (exact) mass is 493 g/mol. The molecule has 2 N–H and O–H groups in total. The Balaban J connectivity index is 2.16. The van der Waals surface area contributed by atoms with E-state index in [0.29, 0.717) is 17.1 Å². The van der Waals surface area contributed by atoms with Gasteiger partial charge in [-0.1, -0.05) is 44.9 Å². The van der Waals surface area contributed by atoms with Gasteiger partial charge in [0.2, 0.25) is 0 Å². The van der Waals surface area contributed by atoms with E-state index >= 15 is 0 Å². The molecule has 0 spiro atoms. The van der Waals surface area contributed by atoms with Crippen molar-refractivity contribution in [2.75, 3.05) is 30.1 Å². The normalized spacial score (nSPS) is 20.5. The Labute approximate surface area is 199 Å². The first kappa shape index (κ1) is 25.4. The molecule has 0 aliphatic carbocycles. The molecular weight excluding hydrogens is 462 g/mol. The van der Waals surface area contributed by atoms with Crippen molar-refractivity contribution in [3.05, 3.63) is 42.5 Å². The first-order valence-corrected chi connectivity index (χ1v) is 13.8. The van der Waals surface area contributed by atoms with Gasteiger partial charge in [0.15, 0.2) is 15.9 Å². The number of fused-ring (bicyclic) bond motifs is 1. The number of para-hydroxylation sites is 1. The highest BCUT2D eigenvalue weighted by molar-refractivity contribution is 7.98. The number of rotatable bonds is 9. The van der Waals surface area contributed by atoms with E-state index in [4.69, 9.17) is 9.84 Å². The quantitative estimate of drug-likeness (QED) is 0.497. The summed E-state index contributed by atoms with van der Waals surface area (Å²) >= 11 is 1.37. The summed E-state index contributed by atoms with van der Waals surface area (Å²) in [4.78, 5) is 13.9. The number of hydrogen-bond donors (Lipinski definition) is 2. The molecule has 0 saturated carbocycles. The van der Waals surface area contributed by atoms with Gasteiger partial charge in [0, 0.05) is 18.3 Å². The summed E-state index contributed by atoms with van der Waals surface area (Å²) in [6, 6.07) is 13.0. The largest absolute Gasteiger partial charge is 0.489 e. The third kappa shape index (κ3) is 5.83. The number of anilines is 2. The molecule has 0 amide bonds. The van der Waals surface area contributed by atoms with Crippen LogP contribution < -0.4 is 9.64 Å². The Morgan fingerprint density at radius 3 is 2.58 bits per heavy atom. The molecule has 1 aliphatic rings. The van der Waals surface area contributed by atoms with Crippen molar-refractivity contribution in [2.24, 2.45) is 5.41 Å². The minimum absolute atomic E-state index is 0.00609. The van der Waals surface area contributed by atoms with Crippen molar-refractivity contribution in [3.8, 4) is 5.75 Å². The number of nitrogens with zero attached hydrogens (tertiary/aromatic N) is 1. The lowest BCUT2D eigenvalue weighted by Crippen LogP contribution is -2.35. The van der Waals surface area contributed by atoms with Crippen LogP contribution in [0.1, 0.15) is 33.1 Å². The van der Waals surface area contributed by atoms with Gasteiger partial charge in [0.25, 0.3) is 0 Å². The van der Waals surface area contributed by atoms with Crippen molar-refractivity contribution in [1.82, 2.24) is 0 Å². The zero-order chi connectivity index (χ0) is 24.2. The van der Waals surface area contributed by atoms with Crippen LogP contribution in [0, 0.1) is 5.41 Å². The molecule has 33 heavy (non-hydrogen) atoms. The molecule has 1 heterocycles. The van der Waals surface area contributed by atoms with Gasteiger partial charge >= 0.3 is 5.97 Å². The molecule has 7 nitrogen and oxygen atoms in total. The van der Waals surface area contributed by atoms with Crippen LogP contribution in [0.15, 0.2) is 52.3 Å². The fourth-order valence-corrected chi connectivity index (χ4v) is 6.78. The fraction of sp³-hybridized carbons (Fsp3) is 0.458. The summed E-state index contributed by atoms with van der Waals surface area (Å²) < 4.78 is 32.8. The van der Waals surface area contributed by atoms with Crippen LogP contribution in [-0.4, -0.2) is 55.9 Å². The molecule has 0 bridgehead atoms. The highest BCUT2D eigenvalue weighted by atomic mass is 32.2. The van der Waals surface area contributed by atoms with Gasteiger partial charge in [-0.25, -0.2) is 13.2 Å². The summed E-state index contributed by atoms with van der Waals surface area (Å²) in [7, 11) is -3.67. The lowest BCUT2D eigenvalue weighted by molar-refractivity contribution is -0.148. The first-order chi connectivity index (χ1) is 15.6. The molecule has 0 radical (unpaired) electrons. The number of ether oxygens (including phenoxy) is 1. The van der Waals surface area contributed by atoms with Crippen molar-refractivity contribution in [2.45, 2.75) is 49.0 Å². The molecule has 0 fully saturated rings. The van der Waals surface area contributed by atoms with E-state index in [1.165, 1.54) is 17.8 Å². The summed E-state index contributed by atoms with van der Waals surface area (Å²) in [6.07, 6.45) is 2.83. The topological polar surface area (TPSA) is 104 Å². The van der Waals surface area contributed by atoms with Crippen molar-refractivity contribution in [3.63, 3.8) is 0 Å². The second kappa shape index (κ2) is 10.4. The van der Waals surface area contributed by atoms with Crippen LogP contribution in [0.25, 0.3) is 0 Å². The number of aliphatic hydroxyl groups excluding tert-OH is 1. The fourth-order valence-electron chi connectivity index (χ4n) is 4.15. The van der Waals surface area contributed by atoms with Crippen LogP contribution in [0.2, 0.25) is 0 Å². The van der Waals surface area contributed by atoms with Crippen LogP contribution in [-0.2, 0) is 14.6 Å². The average molecular weight is 494 g/mol. The van der Waals surface area contributed by atoms with E-state index < -0.39 is 33.9 Å². The van der Waals surface area contributed by atoms with Gasteiger partial charge in [-0.05, 0) is 36.3 Å². The number of carboxylic acids is 1. The predicted molar refractivity (Wildman–Crippen MR) is 130 cm³/mol. The van der Waals surface area contributed by atoms with Crippen LogP contribution in [0.3, 0.4) is 0 Å². The molecule has 1 aliphatic heterocycles. The standard InChI is InChI=1S/C24H31NO6S2/c1-4-5-11-24(2)15-25(17-9-7-6-8-10-17)18-12-21(32-3)20(31-14-19(26)23(27)28)13-22(18)33(29,30)16-24/h6-10,12-13,19,26H,4-5,11,14-16H2,1-3H3,(H,27,28)/t19?,24-/m1/s1. The Bertz CT molecular complexity index is 1090. The summed E-state index contributed by atoms with van der Waals surface area (Å²) in [6.45, 7) is 4.20. The van der Waals surface area contributed by atoms with Gasteiger partial charge in [-0.15, -0.1) is 11.8 Å². The number of sulfone groups is 1. The van der Waals surface area contributed by atoms with E-state index in [1.807, 2.05) is 43.5 Å². The predicted octanol–water partition coefficient (Wildman–Crippen LogP) is 4.35. The van der Waals surface area contributed by atoms with E-state index in [2.05, 4.69) is 11.8 Å². The molecule has 3 rings (SSSR count). The molecule has 0 aromatic heterocycles. The Morgan fingerprint density at radius 1 is 1.27 bits per heavy atom. The second-order valence-electron chi connectivity index (χ2n) is 8.73. The van der Waals surface area contributed by atoms with Crippen LogP contribution in [0.4, 0.5) is 11.4 Å². The molecule has 9 heteroatoms. The van der Waals surface area contributed by atoms with E-state index in [1.54, 1.807) is 6.07 Å². The van der Waals surface area contributed by atoms with Crippen LogP contribution in [0.5, 0.6) is 5.75 Å². The second-order valence-corrected chi connectivity index (χ2v) is 11.5. The summed E-state index contributed by atoms with van der Waals surface area (Å²) in [5.41, 5.74) is 1.03. The number of unbranched alkanes of at least 4 members (excludes halogenated alkanes) is 1. The molecule has 180 valence electrons. The molecule has 2 aromatic carbocycles. The summed E-state index contributed by atoms with van der Waals surface area (Å²) in [5, 5.41) is 18.6. The van der Waals surface area contributed by atoms with Gasteiger partial charge in [-0.3, -0.25) is 0 Å². The molecule has 1 unspecified atom stereocenters. The number of benzene rings is 2. The lowest BCUT2D eigenvalue weighted by atomic mass is 9.86. The zero-order valence-electron chi connectivity index (χ0n) is 19.2. The molecule has 2 atom stereocenters. The van der Waals surface area contributed by atoms with Crippen molar-refractivity contribution < 1.29 is 28.2 Å². The highest BCUT2D eigenvalue weighted by Crippen LogP contribution is 2.46. The smallest absolute Gasteiger partial charge is 0.336 e. The van der Waals surface area contributed by atoms with E-state index in [0.717, 1.165) is 24.9 Å². The number of thioether (sulfide) groups is 1. The maximum absolute atomic E-state index is 13.6. The van der Waals surface area contributed by atoms with E-state index in [-0.39, 0.29) is 16.4 Å². The maximum atomic E-state index is 13.6. The average Bonchev–Trinajstić information content (AvgIpc) is 2.87. The van der Waals surface area contributed by atoms with E-state index in [9.17, 15) is 18.3 Å². The third-order valence-corrected chi connectivity index (χ3v) is 8.67. The minimum atomic E-state index is -3.67. The SMILES string of the molecule is CCCC[C@]1(C)CN(c2ccccc2)c2cc(SC)c(OCC(O)C(=O)O)cc2S(=O)(=O)C1. The van der Waals surface area contributed by atoms with Gasteiger partial charge in [-0.2, -0.15) is 0 Å². The molecular formula is C24H31NO6S2. The minimum Gasteiger partial charge on any atom is -0.489 e. The van der Waals surface area contributed by atoms with Crippen molar-refractivity contribution in [1.29, 1.82) is 0 Å². The van der Waals surface area contributed by atoms with Gasteiger partial charge < -0.3 is 19.8 Å². The van der Waals surface area contributed by atoms with Gasteiger partial charge in [0.1, 0.15) is 12.4 Å². The third-order valence-electron chi connectivity index (χ3n) is 5.83. The Morgan fingerprint density at radius 2 is 1.97 bits per heavy atom. The zero-order valence-corrected chi connectivity index (χ0v) is 20.8. The Kier molecular flexibility index (Phi) is 7.97. The highest BCUT2D eigenvalue weighted by Gasteiger charge is 2.40. The molecule has 2 aromatic rings. The number of aliphatic carboxylic acids is 1. The molecule has 0 saturated heterocycles. The van der Waals surface area contributed by atoms with Crippen molar-refractivity contribution >= 4 is 38.9 Å². The number of aliphatic hydroxyl groups is 1. The summed E-state index contributed by atoms with van der Waals surface area (Å²) in [5.74, 6) is -1.15.